The Balaban J connectivity index is 1.35. The van der Waals surface area contributed by atoms with Crippen molar-refractivity contribution in [3.63, 3.8) is 0 Å². The van der Waals surface area contributed by atoms with Crippen LogP contribution in [0.3, 0.4) is 0 Å². The van der Waals surface area contributed by atoms with Crippen molar-refractivity contribution in [1.29, 1.82) is 0 Å². The zero-order valence-corrected chi connectivity index (χ0v) is 18.4. The Bertz CT molecular complexity index is 899. The molecular weight excluding hydrogens is 408 g/mol. The molecular formula is C24H32N4O4. The molecule has 0 spiro atoms. The molecule has 8 nitrogen and oxygen atoms in total. The van der Waals surface area contributed by atoms with Gasteiger partial charge in [0.05, 0.1) is 18.1 Å². The number of nitrogens with one attached hydrogen (secondary N) is 1. The second-order valence-corrected chi connectivity index (χ2v) is 8.63. The number of likely N-dealkylation sites (tertiary alicyclic amines) is 1. The Labute approximate surface area is 188 Å². The van der Waals surface area contributed by atoms with E-state index in [1.54, 1.807) is 12.1 Å². The summed E-state index contributed by atoms with van der Waals surface area (Å²) in [6.45, 7) is 4.70. The third-order valence-corrected chi connectivity index (χ3v) is 6.29. The van der Waals surface area contributed by atoms with Gasteiger partial charge in [-0.3, -0.25) is 19.9 Å². The Hall–Kier alpha value is -2.52. The molecule has 2 N–H and O–H groups in total. The molecule has 4 rings (SSSR count). The molecule has 1 unspecified atom stereocenters. The van der Waals surface area contributed by atoms with Crippen molar-refractivity contribution < 1.29 is 14.9 Å². The van der Waals surface area contributed by atoms with Crippen LogP contribution in [0.15, 0.2) is 42.5 Å². The number of aliphatic hydroxyl groups is 1. The van der Waals surface area contributed by atoms with Crippen molar-refractivity contribution in [3.05, 3.63) is 69.3 Å². The molecule has 32 heavy (non-hydrogen) atoms. The van der Waals surface area contributed by atoms with Crippen LogP contribution in [0.1, 0.15) is 42.4 Å². The fourth-order valence-electron chi connectivity index (χ4n) is 4.47. The molecule has 2 fully saturated rings. The van der Waals surface area contributed by atoms with Gasteiger partial charge in [-0.05, 0) is 48.6 Å². The van der Waals surface area contributed by atoms with Gasteiger partial charge >= 0.3 is 0 Å². The van der Waals surface area contributed by atoms with E-state index in [4.69, 9.17) is 4.84 Å². The van der Waals surface area contributed by atoms with Crippen molar-refractivity contribution in [2.45, 2.75) is 51.4 Å². The van der Waals surface area contributed by atoms with E-state index in [9.17, 15) is 15.2 Å². The van der Waals surface area contributed by atoms with Gasteiger partial charge in [0, 0.05) is 38.3 Å². The van der Waals surface area contributed by atoms with E-state index >= 15 is 0 Å². The number of nitrogens with zero attached hydrogens (tertiary/aromatic N) is 3. The standard InChI is InChI=1S/C24H32N4O4/c29-18-22-4-1-2-11-26(22)16-20-7-5-19(6-8-20)15-25-23-10-9-21(14-24(23)28(30)31)17-27-12-3-13-32-27/h5-10,14,22,25,29H,1-4,11-13,15-18H2. The molecule has 0 amide bonds. The van der Waals surface area contributed by atoms with Crippen LogP contribution in [-0.4, -0.2) is 52.3 Å². The highest BCUT2D eigenvalue weighted by atomic mass is 16.7. The highest BCUT2D eigenvalue weighted by Crippen LogP contribution is 2.27. The van der Waals surface area contributed by atoms with Gasteiger partial charge < -0.3 is 10.4 Å². The predicted molar refractivity (Wildman–Crippen MR) is 123 cm³/mol. The molecule has 2 aliphatic rings. The normalized spacial score (nSPS) is 19.8. The summed E-state index contributed by atoms with van der Waals surface area (Å²) >= 11 is 0. The van der Waals surface area contributed by atoms with Crippen LogP contribution >= 0.6 is 0 Å². The van der Waals surface area contributed by atoms with Crippen molar-refractivity contribution in [2.24, 2.45) is 0 Å². The molecule has 8 heteroatoms. The summed E-state index contributed by atoms with van der Waals surface area (Å²) in [4.78, 5) is 19.1. The first-order valence-corrected chi connectivity index (χ1v) is 11.4. The van der Waals surface area contributed by atoms with Crippen LogP contribution in [0.5, 0.6) is 0 Å². The highest BCUT2D eigenvalue weighted by molar-refractivity contribution is 5.62. The fraction of sp³-hybridized carbons (Fsp3) is 0.500. The summed E-state index contributed by atoms with van der Waals surface area (Å²) in [5, 5.41) is 26.3. The summed E-state index contributed by atoms with van der Waals surface area (Å²) in [6.07, 6.45) is 4.41. The molecule has 2 aliphatic heterocycles. The summed E-state index contributed by atoms with van der Waals surface area (Å²) in [7, 11) is 0. The first-order valence-electron chi connectivity index (χ1n) is 11.4. The number of benzene rings is 2. The lowest BCUT2D eigenvalue weighted by atomic mass is 10.0. The van der Waals surface area contributed by atoms with E-state index in [0.717, 1.165) is 43.6 Å². The van der Waals surface area contributed by atoms with Crippen molar-refractivity contribution in [1.82, 2.24) is 9.96 Å². The number of anilines is 1. The molecule has 0 saturated carbocycles. The third kappa shape index (κ3) is 5.83. The van der Waals surface area contributed by atoms with E-state index in [-0.39, 0.29) is 23.3 Å². The number of hydroxylamine groups is 2. The lowest BCUT2D eigenvalue weighted by Gasteiger charge is -2.34. The van der Waals surface area contributed by atoms with Gasteiger partial charge in [-0.15, -0.1) is 0 Å². The number of rotatable bonds is 9. The zero-order valence-electron chi connectivity index (χ0n) is 18.4. The smallest absolute Gasteiger partial charge is 0.292 e. The Morgan fingerprint density at radius 2 is 1.81 bits per heavy atom. The lowest BCUT2D eigenvalue weighted by molar-refractivity contribution is -0.384. The van der Waals surface area contributed by atoms with Gasteiger partial charge in [0.1, 0.15) is 5.69 Å². The molecule has 2 saturated heterocycles. The molecule has 0 aromatic heterocycles. The number of piperidine rings is 1. The molecule has 2 aromatic rings. The summed E-state index contributed by atoms with van der Waals surface area (Å²) < 4.78 is 0. The molecule has 172 valence electrons. The van der Waals surface area contributed by atoms with Gasteiger partial charge in [-0.1, -0.05) is 36.8 Å². The molecule has 2 heterocycles. The van der Waals surface area contributed by atoms with Gasteiger partial charge in [0.15, 0.2) is 0 Å². The summed E-state index contributed by atoms with van der Waals surface area (Å²) in [5.41, 5.74) is 3.75. The monoisotopic (exact) mass is 440 g/mol. The molecule has 0 aliphatic carbocycles. The Morgan fingerprint density at radius 3 is 2.53 bits per heavy atom. The Morgan fingerprint density at radius 1 is 1.03 bits per heavy atom. The average Bonchev–Trinajstić information content (AvgIpc) is 3.32. The van der Waals surface area contributed by atoms with Crippen LogP contribution in [0.4, 0.5) is 11.4 Å². The Kier molecular flexibility index (Phi) is 7.70. The van der Waals surface area contributed by atoms with Crippen LogP contribution in [0, 0.1) is 10.1 Å². The quantitative estimate of drug-likeness (QED) is 0.454. The molecule has 2 aromatic carbocycles. The summed E-state index contributed by atoms with van der Waals surface area (Å²) in [6, 6.07) is 13.9. The van der Waals surface area contributed by atoms with Gasteiger partial charge in [0.25, 0.3) is 5.69 Å². The second-order valence-electron chi connectivity index (χ2n) is 8.63. The van der Waals surface area contributed by atoms with Gasteiger partial charge in [0.2, 0.25) is 0 Å². The van der Waals surface area contributed by atoms with Gasteiger partial charge in [-0.25, -0.2) is 0 Å². The molecule has 1 atom stereocenters. The van der Waals surface area contributed by atoms with Crippen LogP contribution in [-0.2, 0) is 24.5 Å². The molecule has 0 bridgehead atoms. The summed E-state index contributed by atoms with van der Waals surface area (Å²) in [5.74, 6) is 0. The van der Waals surface area contributed by atoms with Crippen LogP contribution < -0.4 is 5.32 Å². The maximum absolute atomic E-state index is 11.6. The lowest BCUT2D eigenvalue weighted by Crippen LogP contribution is -2.41. The minimum Gasteiger partial charge on any atom is -0.395 e. The maximum atomic E-state index is 11.6. The first-order chi connectivity index (χ1) is 15.6. The average molecular weight is 441 g/mol. The van der Waals surface area contributed by atoms with Crippen molar-refractivity contribution in [2.75, 3.05) is 31.6 Å². The number of hydrogen-bond donors (Lipinski definition) is 2. The minimum atomic E-state index is -0.337. The van der Waals surface area contributed by atoms with Crippen LogP contribution in [0.25, 0.3) is 0 Å². The predicted octanol–water partition coefficient (Wildman–Crippen LogP) is 3.69. The van der Waals surface area contributed by atoms with E-state index in [0.29, 0.717) is 25.4 Å². The maximum Gasteiger partial charge on any atom is 0.292 e. The zero-order chi connectivity index (χ0) is 22.3. The minimum absolute atomic E-state index is 0.0819. The van der Waals surface area contributed by atoms with Crippen molar-refractivity contribution in [3.8, 4) is 0 Å². The number of aliphatic hydroxyl groups excluding tert-OH is 1. The SMILES string of the molecule is O=[N+]([O-])c1cc(CN2CCCO2)ccc1NCc1ccc(CN2CCCCC2CO)cc1. The first kappa shape index (κ1) is 22.7. The van der Waals surface area contributed by atoms with Crippen molar-refractivity contribution >= 4 is 11.4 Å². The van der Waals surface area contributed by atoms with E-state index in [1.165, 1.54) is 18.4 Å². The largest absolute Gasteiger partial charge is 0.395 e. The number of nitro groups is 1. The number of nitro benzene ring substituents is 1. The topological polar surface area (TPSA) is 91.1 Å². The molecule has 0 radical (unpaired) electrons. The van der Waals surface area contributed by atoms with E-state index < -0.39 is 0 Å². The van der Waals surface area contributed by atoms with E-state index in [2.05, 4.69) is 34.5 Å². The van der Waals surface area contributed by atoms with Gasteiger partial charge in [-0.2, -0.15) is 5.06 Å². The highest BCUT2D eigenvalue weighted by Gasteiger charge is 2.21. The second kappa shape index (κ2) is 10.9. The fourth-order valence-corrected chi connectivity index (χ4v) is 4.47. The number of hydrogen-bond acceptors (Lipinski definition) is 7. The van der Waals surface area contributed by atoms with E-state index in [1.807, 2.05) is 11.1 Å². The van der Waals surface area contributed by atoms with Crippen LogP contribution in [0.2, 0.25) is 0 Å². The third-order valence-electron chi connectivity index (χ3n) is 6.29.